The van der Waals surface area contributed by atoms with Gasteiger partial charge in [0.05, 0.1) is 23.1 Å². The summed E-state index contributed by atoms with van der Waals surface area (Å²) < 4.78 is 8.30. The molecule has 5 nitrogen and oxygen atoms in total. The molecule has 0 amide bonds. The van der Waals surface area contributed by atoms with Gasteiger partial charge in [-0.1, -0.05) is 0 Å². The zero-order chi connectivity index (χ0) is 13.1. The monoisotopic (exact) mass is 330 g/mol. The Labute approximate surface area is 118 Å². The van der Waals surface area contributed by atoms with Crippen LogP contribution in [0.3, 0.4) is 0 Å². The van der Waals surface area contributed by atoms with Crippen molar-refractivity contribution in [1.29, 1.82) is 0 Å². The van der Waals surface area contributed by atoms with Crippen molar-refractivity contribution in [2.45, 2.75) is 19.5 Å². The average molecular weight is 331 g/mol. The summed E-state index contributed by atoms with van der Waals surface area (Å²) in [5.74, 6) is 6.43. The lowest BCUT2D eigenvalue weighted by atomic mass is 10.1. The lowest BCUT2D eigenvalue weighted by Gasteiger charge is -2.17. The molecule has 0 bridgehead atoms. The second kappa shape index (κ2) is 5.83. The van der Waals surface area contributed by atoms with Gasteiger partial charge in [-0.2, -0.15) is 5.10 Å². The van der Waals surface area contributed by atoms with Gasteiger partial charge in [-0.25, -0.2) is 5.43 Å². The molecule has 0 saturated heterocycles. The Bertz CT molecular complexity index is 503. The van der Waals surface area contributed by atoms with Crippen LogP contribution in [0, 0.1) is 0 Å². The van der Waals surface area contributed by atoms with E-state index in [-0.39, 0.29) is 6.04 Å². The molecule has 98 valence electrons. The summed E-state index contributed by atoms with van der Waals surface area (Å²) in [6, 6.07) is 1.91. The van der Waals surface area contributed by atoms with Gasteiger partial charge in [0.2, 0.25) is 0 Å². The number of thiophene rings is 1. The van der Waals surface area contributed by atoms with Crippen molar-refractivity contribution >= 4 is 27.3 Å². The third kappa shape index (κ3) is 2.44. The Kier molecular flexibility index (Phi) is 4.39. The number of halogens is 1. The van der Waals surface area contributed by atoms with Crippen LogP contribution in [0.15, 0.2) is 21.4 Å². The summed E-state index contributed by atoms with van der Waals surface area (Å²) in [7, 11) is 1.64. The maximum absolute atomic E-state index is 5.70. The molecular weight excluding hydrogens is 316 g/mol. The summed E-state index contributed by atoms with van der Waals surface area (Å²) in [6.45, 7) is 2.80. The minimum atomic E-state index is -0.134. The summed E-state index contributed by atoms with van der Waals surface area (Å²) >= 11 is 5.08. The number of hydrogen-bond donors (Lipinski definition) is 2. The Morgan fingerprint density at radius 2 is 2.44 bits per heavy atom. The molecule has 0 aliphatic heterocycles. The predicted octanol–water partition coefficient (Wildman–Crippen LogP) is 2.29. The molecule has 7 heteroatoms. The summed E-state index contributed by atoms with van der Waals surface area (Å²) in [6.07, 6.45) is 1.71. The van der Waals surface area contributed by atoms with E-state index in [1.54, 1.807) is 24.6 Å². The summed E-state index contributed by atoms with van der Waals surface area (Å²) in [5, 5.41) is 6.35. The Balaban J connectivity index is 2.46. The number of hydrogen-bond acceptors (Lipinski definition) is 5. The molecule has 2 heterocycles. The molecule has 1 atom stereocenters. The van der Waals surface area contributed by atoms with Crippen LogP contribution in [0.1, 0.15) is 24.2 Å². The van der Waals surface area contributed by atoms with E-state index in [9.17, 15) is 0 Å². The van der Waals surface area contributed by atoms with E-state index in [2.05, 4.69) is 31.8 Å². The quantitative estimate of drug-likeness (QED) is 0.652. The van der Waals surface area contributed by atoms with Crippen LogP contribution >= 0.6 is 27.3 Å². The van der Waals surface area contributed by atoms with E-state index in [1.165, 1.54) is 0 Å². The van der Waals surface area contributed by atoms with Crippen molar-refractivity contribution in [2.75, 3.05) is 7.11 Å². The average Bonchev–Trinajstić information content (AvgIpc) is 2.97. The second-order valence-corrected chi connectivity index (χ2v) is 5.99. The molecule has 3 N–H and O–H groups in total. The third-order valence-electron chi connectivity index (χ3n) is 2.73. The zero-order valence-electron chi connectivity index (χ0n) is 10.2. The van der Waals surface area contributed by atoms with Gasteiger partial charge in [-0.15, -0.1) is 11.3 Å². The maximum Gasteiger partial charge on any atom is 0.161 e. The molecule has 0 fully saturated rings. The lowest BCUT2D eigenvalue weighted by molar-refractivity contribution is 0.399. The topological polar surface area (TPSA) is 65.1 Å². The molecule has 2 rings (SSSR count). The summed E-state index contributed by atoms with van der Waals surface area (Å²) in [4.78, 5) is 0. The number of methoxy groups -OCH3 is 1. The Morgan fingerprint density at radius 3 is 2.94 bits per heavy atom. The fourth-order valence-corrected chi connectivity index (χ4v) is 3.09. The fraction of sp³-hybridized carbons (Fsp3) is 0.364. The molecule has 0 aliphatic rings. The van der Waals surface area contributed by atoms with Crippen LogP contribution < -0.4 is 16.0 Å². The Hall–Kier alpha value is -0.890. The first-order valence-corrected chi connectivity index (χ1v) is 7.18. The van der Waals surface area contributed by atoms with Gasteiger partial charge in [0, 0.05) is 6.54 Å². The first kappa shape index (κ1) is 13.5. The number of hydrazine groups is 1. The van der Waals surface area contributed by atoms with Crippen LogP contribution in [0.25, 0.3) is 0 Å². The first-order chi connectivity index (χ1) is 8.71. The number of rotatable bonds is 5. The normalized spacial score (nSPS) is 12.7. The molecule has 0 radical (unpaired) electrons. The zero-order valence-corrected chi connectivity index (χ0v) is 12.6. The van der Waals surface area contributed by atoms with Crippen molar-refractivity contribution in [1.82, 2.24) is 15.2 Å². The third-order valence-corrected chi connectivity index (χ3v) is 4.25. The van der Waals surface area contributed by atoms with Crippen LogP contribution in [-0.4, -0.2) is 16.9 Å². The Morgan fingerprint density at radius 1 is 1.67 bits per heavy atom. The van der Waals surface area contributed by atoms with E-state index in [0.29, 0.717) is 0 Å². The fourth-order valence-electron chi connectivity index (χ4n) is 1.89. The number of aryl methyl sites for hydroxylation is 1. The van der Waals surface area contributed by atoms with Gasteiger partial charge >= 0.3 is 0 Å². The standard InChI is InChI=1S/C11H15BrN4OS/c1-3-16-11(8(17-2)5-14-16)10(15-13)7-4-9(12)18-6-7/h4-6,10,15H,3,13H2,1-2H3. The highest BCUT2D eigenvalue weighted by Gasteiger charge is 2.23. The van der Waals surface area contributed by atoms with Crippen molar-refractivity contribution in [3.63, 3.8) is 0 Å². The molecule has 2 aromatic heterocycles. The smallest absolute Gasteiger partial charge is 0.161 e. The van der Waals surface area contributed by atoms with Gasteiger partial charge in [0.15, 0.2) is 5.75 Å². The highest BCUT2D eigenvalue weighted by Crippen LogP contribution is 2.33. The highest BCUT2D eigenvalue weighted by molar-refractivity contribution is 9.11. The number of ether oxygens (including phenoxy) is 1. The van der Waals surface area contributed by atoms with E-state index in [1.807, 2.05) is 17.7 Å². The molecule has 1 unspecified atom stereocenters. The van der Waals surface area contributed by atoms with Gasteiger partial charge in [-0.3, -0.25) is 10.5 Å². The van der Waals surface area contributed by atoms with Crippen LogP contribution in [-0.2, 0) is 6.54 Å². The highest BCUT2D eigenvalue weighted by atomic mass is 79.9. The second-order valence-electron chi connectivity index (χ2n) is 3.70. The van der Waals surface area contributed by atoms with Gasteiger partial charge < -0.3 is 4.74 Å². The maximum atomic E-state index is 5.70. The van der Waals surface area contributed by atoms with Crippen LogP contribution in [0.4, 0.5) is 0 Å². The van der Waals surface area contributed by atoms with Crippen molar-refractivity contribution < 1.29 is 4.74 Å². The van der Waals surface area contributed by atoms with E-state index in [0.717, 1.165) is 27.3 Å². The van der Waals surface area contributed by atoms with E-state index >= 15 is 0 Å². The molecule has 0 saturated carbocycles. The van der Waals surface area contributed by atoms with Gasteiger partial charge in [0.25, 0.3) is 0 Å². The van der Waals surface area contributed by atoms with E-state index < -0.39 is 0 Å². The number of aromatic nitrogens is 2. The first-order valence-electron chi connectivity index (χ1n) is 5.51. The van der Waals surface area contributed by atoms with Crippen molar-refractivity contribution in [3.05, 3.63) is 32.7 Å². The summed E-state index contributed by atoms with van der Waals surface area (Å²) in [5.41, 5.74) is 4.85. The van der Waals surface area contributed by atoms with Crippen molar-refractivity contribution in [3.8, 4) is 5.75 Å². The molecule has 0 aliphatic carbocycles. The van der Waals surface area contributed by atoms with Gasteiger partial charge in [0.1, 0.15) is 5.69 Å². The molecule has 18 heavy (non-hydrogen) atoms. The molecule has 0 aromatic carbocycles. The number of nitrogens with one attached hydrogen (secondary N) is 1. The molecule has 0 spiro atoms. The minimum absolute atomic E-state index is 0.134. The van der Waals surface area contributed by atoms with Crippen LogP contribution in [0.5, 0.6) is 5.75 Å². The predicted molar refractivity (Wildman–Crippen MR) is 75.6 cm³/mol. The van der Waals surface area contributed by atoms with Crippen LogP contribution in [0.2, 0.25) is 0 Å². The molecule has 2 aromatic rings. The largest absolute Gasteiger partial charge is 0.493 e. The SMILES string of the molecule is CCn1ncc(OC)c1C(NN)c1csc(Br)c1. The lowest BCUT2D eigenvalue weighted by Crippen LogP contribution is -2.30. The van der Waals surface area contributed by atoms with Gasteiger partial charge in [-0.05, 0) is 39.9 Å². The van der Waals surface area contributed by atoms with Crippen molar-refractivity contribution in [2.24, 2.45) is 5.84 Å². The number of nitrogens with two attached hydrogens (primary N) is 1. The van der Waals surface area contributed by atoms with E-state index in [4.69, 9.17) is 10.6 Å². The number of nitrogens with zero attached hydrogens (tertiary/aromatic N) is 2. The minimum Gasteiger partial charge on any atom is -0.493 e. The molecular formula is C11H15BrN4OS.